The quantitative estimate of drug-likeness (QED) is 0.347. The van der Waals surface area contributed by atoms with Gasteiger partial charge < -0.3 is 15.0 Å². The summed E-state index contributed by atoms with van der Waals surface area (Å²) in [6.07, 6.45) is 12.1. The molecule has 3 N–H and O–H groups in total. The standard InChI is InChI=1S/C24H17N5/c1-2-17-10-19-5-6-21(28-19)13-24-23(15-7-8-25-14-15)12-22(29-24)11-20-4-3-18(27-20)9-16(1)26-17/h1-14,25-26,29H. The third-order valence-electron chi connectivity index (χ3n) is 5.08. The molecule has 6 rings (SSSR count). The minimum atomic E-state index is 0.917. The van der Waals surface area contributed by atoms with Crippen molar-refractivity contribution in [2.45, 2.75) is 0 Å². The number of hydrogen-bond donors (Lipinski definition) is 3. The van der Waals surface area contributed by atoms with E-state index >= 15 is 0 Å². The van der Waals surface area contributed by atoms with Gasteiger partial charge in [-0.3, -0.25) is 0 Å². The Balaban J connectivity index is 1.69. The molecule has 0 saturated carbocycles. The second-order valence-corrected chi connectivity index (χ2v) is 7.19. The topological polar surface area (TPSA) is 73.2 Å². The van der Waals surface area contributed by atoms with Gasteiger partial charge in [-0.1, -0.05) is 0 Å². The van der Waals surface area contributed by atoms with Crippen LogP contribution < -0.4 is 0 Å². The smallest absolute Gasteiger partial charge is 0.0658 e. The summed E-state index contributed by atoms with van der Waals surface area (Å²) >= 11 is 0. The van der Waals surface area contributed by atoms with Gasteiger partial charge in [0.15, 0.2) is 0 Å². The van der Waals surface area contributed by atoms with Crippen LogP contribution in [0.4, 0.5) is 0 Å². The SMILES string of the molecule is C1=Cc2cc3cc(-c4cc[nH]c4)c(cc4nc(cc5ccc(cc1n2)[nH]5)C=C4)[nH]3. The number of nitrogens with one attached hydrogen (secondary N) is 3. The molecule has 0 fully saturated rings. The Labute approximate surface area is 166 Å². The van der Waals surface area contributed by atoms with Gasteiger partial charge in [0.25, 0.3) is 0 Å². The number of aromatic amines is 3. The van der Waals surface area contributed by atoms with Crippen LogP contribution in [-0.4, -0.2) is 24.9 Å². The second kappa shape index (κ2) is 6.21. The van der Waals surface area contributed by atoms with Crippen LogP contribution >= 0.6 is 0 Å². The summed E-state index contributed by atoms with van der Waals surface area (Å²) in [4.78, 5) is 19.5. The average Bonchev–Trinajstić information content (AvgIpc) is 3.50. The summed E-state index contributed by atoms with van der Waals surface area (Å²) in [5.41, 5.74) is 10.0. The number of aromatic nitrogens is 5. The van der Waals surface area contributed by atoms with Crippen molar-refractivity contribution in [3.63, 3.8) is 0 Å². The summed E-state index contributed by atoms with van der Waals surface area (Å²) in [7, 11) is 0. The lowest BCUT2D eigenvalue weighted by Crippen LogP contribution is -1.76. The Hall–Kier alpha value is -4.12. The van der Waals surface area contributed by atoms with Crippen molar-refractivity contribution in [3.05, 3.63) is 83.7 Å². The molecule has 4 aromatic heterocycles. The summed E-state index contributed by atoms with van der Waals surface area (Å²) < 4.78 is 0. The molecular weight excluding hydrogens is 358 g/mol. The van der Waals surface area contributed by atoms with Crippen molar-refractivity contribution in [2.75, 3.05) is 0 Å². The molecule has 0 aliphatic carbocycles. The fraction of sp³-hybridized carbons (Fsp3) is 0. The van der Waals surface area contributed by atoms with E-state index in [0.29, 0.717) is 0 Å². The molecule has 0 amide bonds. The first-order valence-electron chi connectivity index (χ1n) is 9.50. The number of fused-ring (bicyclic) bond motifs is 8. The average molecular weight is 375 g/mol. The van der Waals surface area contributed by atoms with E-state index in [1.807, 2.05) is 48.8 Å². The van der Waals surface area contributed by atoms with Crippen molar-refractivity contribution in [3.8, 4) is 11.1 Å². The summed E-state index contributed by atoms with van der Waals surface area (Å²) in [6.45, 7) is 0. The van der Waals surface area contributed by atoms with Gasteiger partial charge in [0.1, 0.15) is 0 Å². The number of hydrogen-bond acceptors (Lipinski definition) is 2. The number of rotatable bonds is 1. The minimum Gasteiger partial charge on any atom is -0.367 e. The van der Waals surface area contributed by atoms with Crippen molar-refractivity contribution >= 4 is 46.4 Å². The van der Waals surface area contributed by atoms with Crippen LogP contribution in [-0.2, 0) is 0 Å². The predicted molar refractivity (Wildman–Crippen MR) is 119 cm³/mol. The maximum Gasteiger partial charge on any atom is 0.0658 e. The first-order chi connectivity index (χ1) is 14.3. The van der Waals surface area contributed by atoms with Gasteiger partial charge in [-0.25, -0.2) is 9.97 Å². The number of H-pyrrole nitrogens is 3. The molecular formula is C24H17N5. The third-order valence-corrected chi connectivity index (χ3v) is 5.08. The Morgan fingerprint density at radius 2 is 1.21 bits per heavy atom. The van der Waals surface area contributed by atoms with Gasteiger partial charge in [-0.2, -0.15) is 0 Å². The lowest BCUT2D eigenvalue weighted by atomic mass is 10.1. The Morgan fingerprint density at radius 3 is 1.83 bits per heavy atom. The first-order valence-corrected chi connectivity index (χ1v) is 9.50. The molecule has 0 spiro atoms. The molecule has 2 aliphatic heterocycles. The Bertz CT molecular complexity index is 1450. The summed E-state index contributed by atoms with van der Waals surface area (Å²) in [5.74, 6) is 0. The highest BCUT2D eigenvalue weighted by atomic mass is 14.8. The van der Waals surface area contributed by atoms with Gasteiger partial charge in [-0.15, -0.1) is 0 Å². The van der Waals surface area contributed by atoms with Crippen LogP contribution in [0.15, 0.2) is 60.9 Å². The predicted octanol–water partition coefficient (Wildman–Crippen LogP) is 5.65. The maximum atomic E-state index is 4.75. The first kappa shape index (κ1) is 15.9. The van der Waals surface area contributed by atoms with Crippen molar-refractivity contribution in [1.82, 2.24) is 24.9 Å². The van der Waals surface area contributed by atoms with Gasteiger partial charge >= 0.3 is 0 Å². The maximum absolute atomic E-state index is 4.75. The largest absolute Gasteiger partial charge is 0.367 e. The van der Waals surface area contributed by atoms with E-state index in [2.05, 4.69) is 51.4 Å². The zero-order valence-corrected chi connectivity index (χ0v) is 15.5. The highest BCUT2D eigenvalue weighted by Crippen LogP contribution is 2.27. The molecule has 0 aromatic carbocycles. The Morgan fingerprint density at radius 1 is 0.586 bits per heavy atom. The minimum absolute atomic E-state index is 0.917. The highest BCUT2D eigenvalue weighted by molar-refractivity contribution is 5.87. The lowest BCUT2D eigenvalue weighted by molar-refractivity contribution is 1.31. The Kier molecular flexibility index (Phi) is 3.40. The second-order valence-electron chi connectivity index (χ2n) is 7.19. The van der Waals surface area contributed by atoms with Gasteiger partial charge in [0.2, 0.25) is 0 Å². The molecule has 8 bridgehead atoms. The molecule has 0 saturated heterocycles. The van der Waals surface area contributed by atoms with Crippen LogP contribution in [0.3, 0.4) is 0 Å². The van der Waals surface area contributed by atoms with E-state index in [1.165, 1.54) is 0 Å². The molecule has 2 aliphatic rings. The number of nitrogens with zero attached hydrogens (tertiary/aromatic N) is 2. The van der Waals surface area contributed by atoms with Crippen LogP contribution in [0, 0.1) is 0 Å². The van der Waals surface area contributed by atoms with Crippen LogP contribution in [0.25, 0.3) is 57.5 Å². The fourth-order valence-electron chi connectivity index (χ4n) is 3.75. The molecule has 4 aromatic rings. The van der Waals surface area contributed by atoms with E-state index in [0.717, 1.165) is 56.0 Å². The molecule has 0 atom stereocenters. The van der Waals surface area contributed by atoms with Crippen molar-refractivity contribution < 1.29 is 0 Å². The van der Waals surface area contributed by atoms with Gasteiger partial charge in [0.05, 0.1) is 22.8 Å². The van der Waals surface area contributed by atoms with Crippen LogP contribution in [0.2, 0.25) is 0 Å². The molecule has 0 unspecified atom stereocenters. The monoisotopic (exact) mass is 375 g/mol. The zero-order chi connectivity index (χ0) is 19.2. The van der Waals surface area contributed by atoms with Gasteiger partial charge in [-0.05, 0) is 72.8 Å². The molecule has 138 valence electrons. The summed E-state index contributed by atoms with van der Waals surface area (Å²) in [5, 5.41) is 0. The van der Waals surface area contributed by atoms with E-state index in [4.69, 9.17) is 9.97 Å². The fourth-order valence-corrected chi connectivity index (χ4v) is 3.75. The normalized spacial score (nSPS) is 12.6. The molecule has 29 heavy (non-hydrogen) atoms. The van der Waals surface area contributed by atoms with E-state index in [-0.39, 0.29) is 0 Å². The molecule has 6 heterocycles. The third kappa shape index (κ3) is 2.99. The van der Waals surface area contributed by atoms with Crippen LogP contribution in [0.1, 0.15) is 22.8 Å². The van der Waals surface area contributed by atoms with Crippen molar-refractivity contribution in [1.29, 1.82) is 0 Å². The van der Waals surface area contributed by atoms with E-state index < -0.39 is 0 Å². The lowest BCUT2D eigenvalue weighted by Gasteiger charge is -1.92. The highest BCUT2D eigenvalue weighted by Gasteiger charge is 2.07. The molecule has 0 radical (unpaired) electrons. The van der Waals surface area contributed by atoms with Crippen molar-refractivity contribution in [2.24, 2.45) is 0 Å². The molecule has 5 heteroatoms. The zero-order valence-electron chi connectivity index (χ0n) is 15.5. The van der Waals surface area contributed by atoms with E-state index in [1.54, 1.807) is 0 Å². The van der Waals surface area contributed by atoms with Crippen LogP contribution in [0.5, 0.6) is 0 Å². The van der Waals surface area contributed by atoms with Gasteiger partial charge in [0, 0.05) is 45.6 Å². The van der Waals surface area contributed by atoms with E-state index in [9.17, 15) is 0 Å². The summed E-state index contributed by atoms with van der Waals surface area (Å²) in [6, 6.07) is 16.6. The molecule has 5 nitrogen and oxygen atoms in total.